The number of benzene rings is 2. The predicted molar refractivity (Wildman–Crippen MR) is 91.2 cm³/mol. The van der Waals surface area contributed by atoms with E-state index in [1.54, 1.807) is 0 Å². The zero-order valence-corrected chi connectivity index (χ0v) is 12.4. The molecule has 0 aliphatic carbocycles. The summed E-state index contributed by atoms with van der Waals surface area (Å²) in [6, 6.07) is 22.9. The standard InChI is InChI=1S/C20H16N2/c1-15-14-21-19(16-8-4-2-5-9-16)20-18(15)12-13-22(20)17-10-6-3-7-11-17/h2-14H,1H3. The smallest absolute Gasteiger partial charge is 0.0948 e. The summed E-state index contributed by atoms with van der Waals surface area (Å²) in [6.45, 7) is 2.11. The molecule has 0 amide bonds. The lowest BCUT2D eigenvalue weighted by atomic mass is 10.1. The van der Waals surface area contributed by atoms with Crippen LogP contribution in [0.25, 0.3) is 27.8 Å². The number of hydrogen-bond donors (Lipinski definition) is 0. The van der Waals surface area contributed by atoms with Gasteiger partial charge in [0.2, 0.25) is 0 Å². The highest BCUT2D eigenvalue weighted by atomic mass is 15.0. The van der Waals surface area contributed by atoms with E-state index in [4.69, 9.17) is 4.98 Å². The van der Waals surface area contributed by atoms with E-state index in [2.05, 4.69) is 72.3 Å². The van der Waals surface area contributed by atoms with Crippen molar-refractivity contribution in [3.8, 4) is 16.9 Å². The van der Waals surface area contributed by atoms with Gasteiger partial charge >= 0.3 is 0 Å². The Kier molecular flexibility index (Phi) is 3.01. The second-order valence-corrected chi connectivity index (χ2v) is 5.44. The molecule has 2 aromatic heterocycles. The molecule has 0 spiro atoms. The molecule has 106 valence electrons. The second-order valence-electron chi connectivity index (χ2n) is 5.44. The lowest BCUT2D eigenvalue weighted by Gasteiger charge is -2.10. The van der Waals surface area contributed by atoms with E-state index in [1.807, 2.05) is 18.3 Å². The van der Waals surface area contributed by atoms with Gasteiger partial charge in [0.1, 0.15) is 0 Å². The average Bonchev–Trinajstić information content (AvgIpc) is 3.03. The Morgan fingerprint density at radius 1 is 0.818 bits per heavy atom. The molecule has 0 atom stereocenters. The molecular formula is C20H16N2. The highest BCUT2D eigenvalue weighted by Crippen LogP contribution is 2.31. The molecule has 2 nitrogen and oxygen atoms in total. The zero-order chi connectivity index (χ0) is 14.9. The Bertz CT molecular complexity index is 922. The third-order valence-electron chi connectivity index (χ3n) is 4.00. The van der Waals surface area contributed by atoms with Crippen LogP contribution in [-0.4, -0.2) is 9.55 Å². The van der Waals surface area contributed by atoms with Crippen molar-refractivity contribution in [2.75, 3.05) is 0 Å². The Hall–Kier alpha value is -2.87. The van der Waals surface area contributed by atoms with E-state index in [0.717, 1.165) is 22.5 Å². The number of aryl methyl sites for hydroxylation is 1. The van der Waals surface area contributed by atoms with Gasteiger partial charge in [0.25, 0.3) is 0 Å². The van der Waals surface area contributed by atoms with Crippen LogP contribution in [-0.2, 0) is 0 Å². The van der Waals surface area contributed by atoms with Gasteiger partial charge in [0.15, 0.2) is 0 Å². The summed E-state index contributed by atoms with van der Waals surface area (Å²) in [5, 5.41) is 1.25. The predicted octanol–water partition coefficient (Wildman–Crippen LogP) is 5.00. The first-order valence-electron chi connectivity index (χ1n) is 7.42. The molecule has 0 aliphatic rings. The maximum absolute atomic E-state index is 4.71. The lowest BCUT2D eigenvalue weighted by molar-refractivity contribution is 1.12. The summed E-state index contributed by atoms with van der Waals surface area (Å²) in [7, 11) is 0. The fourth-order valence-corrected chi connectivity index (χ4v) is 2.90. The number of aromatic nitrogens is 2. The van der Waals surface area contributed by atoms with Crippen LogP contribution in [0.1, 0.15) is 5.56 Å². The quantitative estimate of drug-likeness (QED) is 0.506. The number of fused-ring (bicyclic) bond motifs is 1. The summed E-state index contributed by atoms with van der Waals surface area (Å²) in [5.74, 6) is 0. The van der Waals surface area contributed by atoms with Gasteiger partial charge in [-0.15, -0.1) is 0 Å². The van der Waals surface area contributed by atoms with E-state index in [-0.39, 0.29) is 0 Å². The van der Waals surface area contributed by atoms with Gasteiger partial charge < -0.3 is 4.57 Å². The normalized spacial score (nSPS) is 11.0. The van der Waals surface area contributed by atoms with Crippen LogP contribution in [0.15, 0.2) is 79.1 Å². The molecule has 0 unspecified atom stereocenters. The third-order valence-corrected chi connectivity index (χ3v) is 4.00. The maximum Gasteiger partial charge on any atom is 0.0948 e. The zero-order valence-electron chi connectivity index (χ0n) is 12.4. The minimum Gasteiger partial charge on any atom is -0.315 e. The Morgan fingerprint density at radius 2 is 1.50 bits per heavy atom. The van der Waals surface area contributed by atoms with Crippen LogP contribution < -0.4 is 0 Å². The summed E-state index contributed by atoms with van der Waals surface area (Å²) in [4.78, 5) is 4.71. The number of nitrogens with zero attached hydrogens (tertiary/aromatic N) is 2. The Labute approximate surface area is 129 Å². The van der Waals surface area contributed by atoms with Crippen molar-refractivity contribution in [3.63, 3.8) is 0 Å². The number of hydrogen-bond acceptors (Lipinski definition) is 1. The summed E-state index contributed by atoms with van der Waals surface area (Å²) in [6.07, 6.45) is 4.08. The first-order valence-corrected chi connectivity index (χ1v) is 7.42. The van der Waals surface area contributed by atoms with Gasteiger partial charge in [-0.25, -0.2) is 0 Å². The molecule has 4 rings (SSSR count). The highest BCUT2D eigenvalue weighted by molar-refractivity contribution is 5.95. The van der Waals surface area contributed by atoms with Crippen LogP contribution in [0.2, 0.25) is 0 Å². The van der Waals surface area contributed by atoms with Crippen LogP contribution in [0, 0.1) is 6.92 Å². The van der Waals surface area contributed by atoms with Crippen molar-refractivity contribution in [2.24, 2.45) is 0 Å². The Balaban J connectivity index is 2.06. The second kappa shape index (κ2) is 5.15. The molecule has 22 heavy (non-hydrogen) atoms. The largest absolute Gasteiger partial charge is 0.315 e. The fraction of sp³-hybridized carbons (Fsp3) is 0.0500. The molecule has 4 aromatic rings. The molecule has 0 bridgehead atoms. The van der Waals surface area contributed by atoms with Crippen molar-refractivity contribution >= 4 is 10.9 Å². The van der Waals surface area contributed by atoms with Crippen LogP contribution in [0.3, 0.4) is 0 Å². The highest BCUT2D eigenvalue weighted by Gasteiger charge is 2.12. The molecule has 0 radical (unpaired) electrons. The van der Waals surface area contributed by atoms with Gasteiger partial charge in [-0.1, -0.05) is 48.5 Å². The first-order chi connectivity index (χ1) is 10.8. The Morgan fingerprint density at radius 3 is 2.23 bits per heavy atom. The maximum atomic E-state index is 4.71. The topological polar surface area (TPSA) is 17.8 Å². The number of pyridine rings is 1. The molecule has 2 aromatic carbocycles. The third kappa shape index (κ3) is 2.01. The van der Waals surface area contributed by atoms with Crippen molar-refractivity contribution in [1.82, 2.24) is 9.55 Å². The molecule has 0 aliphatic heterocycles. The molecular weight excluding hydrogens is 268 g/mol. The number of para-hydroxylation sites is 1. The van der Waals surface area contributed by atoms with Crippen LogP contribution in [0.5, 0.6) is 0 Å². The van der Waals surface area contributed by atoms with Crippen molar-refractivity contribution in [2.45, 2.75) is 6.92 Å². The van der Waals surface area contributed by atoms with E-state index >= 15 is 0 Å². The van der Waals surface area contributed by atoms with Gasteiger partial charge in [0, 0.05) is 29.0 Å². The van der Waals surface area contributed by atoms with Crippen molar-refractivity contribution < 1.29 is 0 Å². The van der Waals surface area contributed by atoms with Gasteiger partial charge in [-0.2, -0.15) is 0 Å². The van der Waals surface area contributed by atoms with E-state index < -0.39 is 0 Å². The molecule has 0 saturated heterocycles. The summed E-state index contributed by atoms with van der Waals surface area (Å²) >= 11 is 0. The van der Waals surface area contributed by atoms with E-state index in [9.17, 15) is 0 Å². The molecule has 2 heterocycles. The van der Waals surface area contributed by atoms with Gasteiger partial charge in [-0.05, 0) is 30.7 Å². The van der Waals surface area contributed by atoms with Crippen molar-refractivity contribution in [3.05, 3.63) is 84.7 Å². The van der Waals surface area contributed by atoms with Crippen molar-refractivity contribution in [1.29, 1.82) is 0 Å². The lowest BCUT2D eigenvalue weighted by Crippen LogP contribution is -1.96. The van der Waals surface area contributed by atoms with Gasteiger partial charge in [-0.3, -0.25) is 4.98 Å². The SMILES string of the molecule is Cc1cnc(-c2ccccc2)c2c1ccn2-c1ccccc1. The van der Waals surface area contributed by atoms with Crippen LogP contribution >= 0.6 is 0 Å². The molecule has 0 N–H and O–H groups in total. The van der Waals surface area contributed by atoms with Gasteiger partial charge in [0.05, 0.1) is 11.2 Å². The van der Waals surface area contributed by atoms with E-state index in [0.29, 0.717) is 0 Å². The monoisotopic (exact) mass is 284 g/mol. The fourth-order valence-electron chi connectivity index (χ4n) is 2.90. The minimum atomic E-state index is 1.02. The molecule has 0 saturated carbocycles. The van der Waals surface area contributed by atoms with Crippen LogP contribution in [0.4, 0.5) is 0 Å². The van der Waals surface area contributed by atoms with E-state index in [1.165, 1.54) is 10.9 Å². The summed E-state index contributed by atoms with van der Waals surface area (Å²) < 4.78 is 2.22. The minimum absolute atomic E-state index is 1.02. The summed E-state index contributed by atoms with van der Waals surface area (Å²) in [5.41, 5.74) is 5.68. The first kappa shape index (κ1) is 12.8. The molecule has 2 heteroatoms. The average molecular weight is 284 g/mol. The number of rotatable bonds is 2. The molecule has 0 fully saturated rings.